The van der Waals surface area contributed by atoms with Crippen molar-refractivity contribution in [1.82, 2.24) is 0 Å². The van der Waals surface area contributed by atoms with Gasteiger partial charge in [-0.1, -0.05) is 51.3 Å². The molecular weight excluding hydrogens is 472 g/mol. The highest BCUT2D eigenvalue weighted by Gasteiger charge is 2.32. The van der Waals surface area contributed by atoms with Crippen LogP contribution in [0.3, 0.4) is 0 Å². The SMILES string of the molecule is C=CCOc1cc(C(C)(C)c2ccc(N3C(=O)C=CC3O)c(OCC=C)c2)ccc1N1C(=O)C=CC1=O. The first-order valence-corrected chi connectivity index (χ1v) is 11.7. The highest BCUT2D eigenvalue weighted by molar-refractivity contribution is 6.28. The van der Waals surface area contributed by atoms with E-state index in [1.54, 1.807) is 30.4 Å². The monoisotopic (exact) mass is 500 g/mol. The fourth-order valence-corrected chi connectivity index (χ4v) is 4.25. The van der Waals surface area contributed by atoms with Gasteiger partial charge in [-0.2, -0.15) is 0 Å². The van der Waals surface area contributed by atoms with E-state index in [2.05, 4.69) is 13.2 Å². The Labute approximate surface area is 215 Å². The third-order valence-corrected chi connectivity index (χ3v) is 6.30. The van der Waals surface area contributed by atoms with Gasteiger partial charge >= 0.3 is 0 Å². The number of hydrogen-bond donors (Lipinski definition) is 1. The predicted octanol–water partition coefficient (Wildman–Crippen LogP) is 3.79. The molecule has 2 aliphatic heterocycles. The van der Waals surface area contributed by atoms with E-state index in [-0.39, 0.29) is 19.1 Å². The van der Waals surface area contributed by atoms with Crippen molar-refractivity contribution in [2.75, 3.05) is 23.0 Å². The highest BCUT2D eigenvalue weighted by atomic mass is 16.5. The van der Waals surface area contributed by atoms with E-state index in [9.17, 15) is 19.5 Å². The number of imide groups is 1. The number of rotatable bonds is 10. The molecule has 2 aliphatic rings. The van der Waals surface area contributed by atoms with Gasteiger partial charge in [0.15, 0.2) is 6.23 Å². The molecule has 0 fully saturated rings. The molecule has 3 amide bonds. The van der Waals surface area contributed by atoms with Gasteiger partial charge in [0.05, 0.1) is 11.4 Å². The zero-order chi connectivity index (χ0) is 26.7. The molecule has 2 aromatic rings. The summed E-state index contributed by atoms with van der Waals surface area (Å²) in [6.07, 6.45) is 7.27. The second kappa shape index (κ2) is 10.3. The van der Waals surface area contributed by atoms with Crippen LogP contribution < -0.4 is 19.3 Å². The molecule has 0 aliphatic carbocycles. The van der Waals surface area contributed by atoms with Gasteiger partial charge in [0.2, 0.25) is 0 Å². The smallest absolute Gasteiger partial charge is 0.258 e. The second-order valence-corrected chi connectivity index (χ2v) is 9.02. The van der Waals surface area contributed by atoms with Crippen LogP contribution >= 0.6 is 0 Å². The second-order valence-electron chi connectivity index (χ2n) is 9.02. The number of amides is 3. The van der Waals surface area contributed by atoms with E-state index < -0.39 is 23.5 Å². The van der Waals surface area contributed by atoms with Gasteiger partial charge < -0.3 is 14.6 Å². The Kier molecular flexibility index (Phi) is 7.13. The maximum atomic E-state index is 12.4. The summed E-state index contributed by atoms with van der Waals surface area (Å²) >= 11 is 0. The Hall–Kier alpha value is -4.43. The Balaban J connectivity index is 1.75. The summed E-state index contributed by atoms with van der Waals surface area (Å²) in [6, 6.07) is 10.8. The third kappa shape index (κ3) is 4.83. The number of ether oxygens (including phenoxy) is 2. The number of carbonyl (C=O) groups excluding carboxylic acids is 3. The van der Waals surface area contributed by atoms with Gasteiger partial charge in [-0.05, 0) is 41.5 Å². The quantitative estimate of drug-likeness (QED) is 0.394. The van der Waals surface area contributed by atoms with Crippen LogP contribution in [0.1, 0.15) is 25.0 Å². The molecule has 0 saturated carbocycles. The molecule has 0 spiro atoms. The van der Waals surface area contributed by atoms with Gasteiger partial charge in [0.1, 0.15) is 24.7 Å². The Morgan fingerprint density at radius 1 is 0.838 bits per heavy atom. The fraction of sp³-hybridized carbons (Fsp3) is 0.207. The topological polar surface area (TPSA) is 96.4 Å². The van der Waals surface area contributed by atoms with Crippen LogP contribution in [-0.4, -0.2) is 42.3 Å². The molecule has 1 atom stereocenters. The minimum atomic E-state index is -1.08. The molecule has 8 heteroatoms. The molecule has 1 N–H and O–H groups in total. The zero-order valence-electron chi connectivity index (χ0n) is 20.7. The average Bonchev–Trinajstić information content (AvgIpc) is 3.40. The zero-order valence-corrected chi connectivity index (χ0v) is 20.7. The standard InChI is InChI=1S/C29H28N2O6/c1-5-15-36-23-17-19(7-9-21(23)30-25(32)11-12-26(30)33)29(3,4)20-8-10-22(24(18-20)37-16-6-2)31-27(34)13-14-28(31)35/h5-14,17-18,25,32H,1-2,15-16H2,3-4H3. The maximum Gasteiger partial charge on any atom is 0.258 e. The number of aliphatic hydroxyl groups excluding tert-OH is 1. The molecular formula is C29H28N2O6. The lowest BCUT2D eigenvalue weighted by Gasteiger charge is -2.30. The summed E-state index contributed by atoms with van der Waals surface area (Å²) in [5, 5.41) is 10.3. The van der Waals surface area contributed by atoms with Crippen molar-refractivity contribution in [3.8, 4) is 11.5 Å². The Bertz CT molecular complexity index is 1320. The highest BCUT2D eigenvalue weighted by Crippen LogP contribution is 2.41. The van der Waals surface area contributed by atoms with Gasteiger partial charge in [0.25, 0.3) is 17.7 Å². The lowest BCUT2D eigenvalue weighted by Crippen LogP contribution is -2.34. The van der Waals surface area contributed by atoms with Crippen LogP contribution in [0.2, 0.25) is 0 Å². The van der Waals surface area contributed by atoms with Gasteiger partial charge in [-0.15, -0.1) is 0 Å². The van der Waals surface area contributed by atoms with Crippen LogP contribution in [0.4, 0.5) is 11.4 Å². The van der Waals surface area contributed by atoms with Crippen LogP contribution in [-0.2, 0) is 19.8 Å². The summed E-state index contributed by atoms with van der Waals surface area (Å²) < 4.78 is 11.7. The van der Waals surface area contributed by atoms with Crippen molar-refractivity contribution in [2.24, 2.45) is 0 Å². The number of benzene rings is 2. The molecule has 1 unspecified atom stereocenters. The molecule has 8 nitrogen and oxygen atoms in total. The van der Waals surface area contributed by atoms with Crippen molar-refractivity contribution in [2.45, 2.75) is 25.5 Å². The molecule has 2 aromatic carbocycles. The number of anilines is 2. The van der Waals surface area contributed by atoms with Crippen molar-refractivity contribution >= 4 is 29.1 Å². The molecule has 0 radical (unpaired) electrons. The molecule has 0 saturated heterocycles. The summed E-state index contributed by atoms with van der Waals surface area (Å²) in [7, 11) is 0. The van der Waals surface area contributed by atoms with E-state index >= 15 is 0 Å². The van der Waals surface area contributed by atoms with E-state index in [4.69, 9.17) is 9.47 Å². The van der Waals surface area contributed by atoms with Crippen LogP contribution in [0.25, 0.3) is 0 Å². The lowest BCUT2D eigenvalue weighted by atomic mass is 9.77. The number of hydrogen-bond acceptors (Lipinski definition) is 6. The summed E-state index contributed by atoms with van der Waals surface area (Å²) in [6.45, 7) is 11.8. The van der Waals surface area contributed by atoms with Gasteiger partial charge in [-0.3, -0.25) is 19.3 Å². The molecule has 4 rings (SSSR count). The van der Waals surface area contributed by atoms with Crippen molar-refractivity contribution in [3.05, 3.63) is 97.1 Å². The fourth-order valence-electron chi connectivity index (χ4n) is 4.25. The van der Waals surface area contributed by atoms with Crippen molar-refractivity contribution in [1.29, 1.82) is 0 Å². The number of aliphatic hydroxyl groups is 1. The van der Waals surface area contributed by atoms with E-state index in [1.165, 1.54) is 29.2 Å². The number of carbonyl (C=O) groups is 3. The molecule has 0 bridgehead atoms. The molecule has 2 heterocycles. The van der Waals surface area contributed by atoms with Crippen LogP contribution in [0.15, 0.2) is 86.0 Å². The van der Waals surface area contributed by atoms with Crippen molar-refractivity contribution in [3.63, 3.8) is 0 Å². The van der Waals surface area contributed by atoms with Crippen LogP contribution in [0, 0.1) is 0 Å². The van der Waals surface area contributed by atoms with Gasteiger partial charge in [0, 0.05) is 23.6 Å². The minimum Gasteiger partial charge on any atom is -0.487 e. The largest absolute Gasteiger partial charge is 0.487 e. The van der Waals surface area contributed by atoms with E-state index in [0.29, 0.717) is 22.9 Å². The maximum absolute atomic E-state index is 12.4. The predicted molar refractivity (Wildman–Crippen MR) is 141 cm³/mol. The summed E-state index contributed by atoms with van der Waals surface area (Å²) in [4.78, 5) is 39.3. The Morgan fingerprint density at radius 3 is 1.84 bits per heavy atom. The van der Waals surface area contributed by atoms with E-state index in [0.717, 1.165) is 16.0 Å². The molecule has 0 aromatic heterocycles. The lowest BCUT2D eigenvalue weighted by molar-refractivity contribution is -0.120. The third-order valence-electron chi connectivity index (χ3n) is 6.30. The normalized spacial score (nSPS) is 17.1. The molecule has 190 valence electrons. The first-order chi connectivity index (χ1) is 17.7. The summed E-state index contributed by atoms with van der Waals surface area (Å²) in [5.41, 5.74) is 1.91. The Morgan fingerprint density at radius 2 is 1.35 bits per heavy atom. The van der Waals surface area contributed by atoms with Crippen molar-refractivity contribution < 1.29 is 29.0 Å². The van der Waals surface area contributed by atoms with Gasteiger partial charge in [-0.25, -0.2) is 4.90 Å². The number of nitrogens with zero attached hydrogens (tertiary/aromatic N) is 2. The molecule has 37 heavy (non-hydrogen) atoms. The van der Waals surface area contributed by atoms with Crippen LogP contribution in [0.5, 0.6) is 11.5 Å². The minimum absolute atomic E-state index is 0.189. The first kappa shape index (κ1) is 25.7. The first-order valence-electron chi connectivity index (χ1n) is 11.7. The average molecular weight is 501 g/mol. The summed E-state index contributed by atoms with van der Waals surface area (Å²) in [5.74, 6) is -0.433. The van der Waals surface area contributed by atoms with E-state index in [1.807, 2.05) is 32.0 Å².